The minimum atomic E-state index is -3.70. The molecule has 0 N–H and O–H groups in total. The Labute approximate surface area is 161 Å². The molecule has 0 spiro atoms. The molecule has 0 amide bonds. The van der Waals surface area contributed by atoms with E-state index in [9.17, 15) is 12.6 Å². The molecule has 0 aliphatic carbocycles. The summed E-state index contributed by atoms with van der Waals surface area (Å²) in [5, 5.41) is -0.515. The van der Waals surface area contributed by atoms with Crippen LogP contribution in [0.3, 0.4) is 0 Å². The van der Waals surface area contributed by atoms with E-state index in [1.807, 2.05) is 60.7 Å². The molecule has 6 heteroatoms. The molecule has 3 rings (SSSR count). The van der Waals surface area contributed by atoms with Crippen LogP contribution in [0.4, 0.5) is 0 Å². The van der Waals surface area contributed by atoms with Gasteiger partial charge in [0, 0.05) is 15.8 Å². The minimum absolute atomic E-state index is 0.120. The maximum atomic E-state index is 13.1. The average molecular weight is 405 g/mol. The fourth-order valence-corrected chi connectivity index (χ4v) is 6.59. The Kier molecular flexibility index (Phi) is 5.91. The Hall–Kier alpha value is -1.95. The molecule has 3 nitrogen and oxygen atoms in total. The molecule has 1 unspecified atom stereocenters. The predicted molar refractivity (Wildman–Crippen MR) is 106 cm³/mol. The number of hydrogen-bond acceptors (Lipinski definition) is 3. The predicted octanol–water partition coefficient (Wildman–Crippen LogP) is 4.61. The molecule has 0 fully saturated rings. The van der Waals surface area contributed by atoms with Crippen molar-refractivity contribution in [3.8, 4) is 0 Å². The summed E-state index contributed by atoms with van der Waals surface area (Å²) in [4.78, 5) is 0.120. The Bertz CT molecular complexity index is 947. The van der Waals surface area contributed by atoms with Crippen molar-refractivity contribution in [2.45, 2.75) is 10.1 Å². The quantitative estimate of drug-likeness (QED) is 0.602. The van der Waals surface area contributed by atoms with Gasteiger partial charge in [0.1, 0.15) is 5.08 Å². The van der Waals surface area contributed by atoms with Crippen LogP contribution in [-0.2, 0) is 20.6 Å². The average Bonchev–Trinajstić information content (AvgIpc) is 2.63. The second kappa shape index (κ2) is 8.16. The summed E-state index contributed by atoms with van der Waals surface area (Å²) >= 11 is 5.82. The van der Waals surface area contributed by atoms with E-state index in [0.29, 0.717) is 5.02 Å². The molecule has 3 aromatic rings. The molecule has 0 saturated carbocycles. The second-order valence-electron chi connectivity index (χ2n) is 5.77. The standard InChI is InChI=1S/C20H17ClO3S2/c21-18-11-13-19(14-12-18)26(23,24)15-25(22)20(16-7-3-1-4-8-16)17-9-5-2-6-10-17/h1-14,20H,15H2. The first kappa shape index (κ1) is 18.8. The van der Waals surface area contributed by atoms with Crippen molar-refractivity contribution >= 4 is 32.2 Å². The maximum absolute atomic E-state index is 13.1. The molecule has 0 heterocycles. The van der Waals surface area contributed by atoms with E-state index in [4.69, 9.17) is 11.6 Å². The lowest BCUT2D eigenvalue weighted by atomic mass is 10.0. The van der Waals surface area contributed by atoms with Gasteiger partial charge in [-0.3, -0.25) is 4.21 Å². The lowest BCUT2D eigenvalue weighted by Crippen LogP contribution is -2.18. The molecule has 0 saturated heterocycles. The number of halogens is 1. The Morgan fingerprint density at radius 3 is 1.69 bits per heavy atom. The highest BCUT2D eigenvalue weighted by Crippen LogP contribution is 2.30. The van der Waals surface area contributed by atoms with E-state index in [1.165, 1.54) is 24.3 Å². The van der Waals surface area contributed by atoms with Crippen molar-refractivity contribution in [2.24, 2.45) is 0 Å². The van der Waals surface area contributed by atoms with Crippen molar-refractivity contribution in [3.05, 3.63) is 101 Å². The normalized spacial score (nSPS) is 12.8. The van der Waals surface area contributed by atoms with Gasteiger partial charge in [0.15, 0.2) is 9.84 Å². The molecule has 3 aromatic carbocycles. The number of hydrogen-bond donors (Lipinski definition) is 0. The van der Waals surface area contributed by atoms with E-state index >= 15 is 0 Å². The zero-order chi connectivity index (χ0) is 18.6. The van der Waals surface area contributed by atoms with Gasteiger partial charge in [0.25, 0.3) is 0 Å². The topological polar surface area (TPSA) is 51.2 Å². The summed E-state index contributed by atoms with van der Waals surface area (Å²) < 4.78 is 38.5. The summed E-state index contributed by atoms with van der Waals surface area (Å²) in [6.45, 7) is 0. The highest BCUT2D eigenvalue weighted by Gasteiger charge is 2.27. The second-order valence-corrected chi connectivity index (χ2v) is 10.1. The van der Waals surface area contributed by atoms with Gasteiger partial charge in [-0.1, -0.05) is 72.3 Å². The van der Waals surface area contributed by atoms with E-state index < -0.39 is 31.0 Å². The fourth-order valence-electron chi connectivity index (χ4n) is 2.68. The van der Waals surface area contributed by atoms with Crippen LogP contribution in [-0.4, -0.2) is 17.7 Å². The first-order chi connectivity index (χ1) is 12.5. The smallest absolute Gasteiger partial charge is 0.190 e. The van der Waals surface area contributed by atoms with Gasteiger partial charge in [-0.15, -0.1) is 0 Å². The molecule has 0 aromatic heterocycles. The maximum Gasteiger partial charge on any atom is 0.190 e. The van der Waals surface area contributed by atoms with Crippen molar-refractivity contribution in [2.75, 3.05) is 5.08 Å². The van der Waals surface area contributed by atoms with Gasteiger partial charge in [0.2, 0.25) is 0 Å². The molecular weight excluding hydrogens is 388 g/mol. The zero-order valence-corrected chi connectivity index (χ0v) is 16.2. The van der Waals surface area contributed by atoms with Crippen molar-refractivity contribution in [1.82, 2.24) is 0 Å². The van der Waals surface area contributed by atoms with E-state index in [2.05, 4.69) is 0 Å². The van der Waals surface area contributed by atoms with Crippen molar-refractivity contribution in [1.29, 1.82) is 0 Å². The monoisotopic (exact) mass is 404 g/mol. The molecule has 0 radical (unpaired) electrons. The van der Waals surface area contributed by atoms with Crippen molar-refractivity contribution in [3.63, 3.8) is 0 Å². The molecule has 0 aliphatic heterocycles. The summed E-state index contributed by atoms with van der Waals surface area (Å²) in [6.07, 6.45) is 0. The molecule has 134 valence electrons. The van der Waals surface area contributed by atoms with Crippen LogP contribution in [0.2, 0.25) is 5.02 Å². The Balaban J connectivity index is 1.95. The highest BCUT2D eigenvalue weighted by atomic mass is 35.5. The van der Waals surface area contributed by atoms with Crippen LogP contribution in [0.1, 0.15) is 16.4 Å². The summed E-state index contributed by atoms with van der Waals surface area (Å²) in [5.74, 6) is 0. The fraction of sp³-hybridized carbons (Fsp3) is 0.100. The third-order valence-corrected chi connectivity index (χ3v) is 8.39. The molecule has 0 aliphatic rings. The first-order valence-corrected chi connectivity index (χ1v) is 11.3. The number of benzene rings is 3. The van der Waals surface area contributed by atoms with Gasteiger partial charge in [0.05, 0.1) is 10.1 Å². The highest BCUT2D eigenvalue weighted by molar-refractivity contribution is 8.05. The largest absolute Gasteiger partial charge is 0.258 e. The van der Waals surface area contributed by atoms with Gasteiger partial charge in [-0.25, -0.2) is 8.42 Å². The lowest BCUT2D eigenvalue weighted by molar-refractivity contribution is 0.599. The Morgan fingerprint density at radius 1 is 0.769 bits per heavy atom. The van der Waals surface area contributed by atoms with E-state index in [0.717, 1.165) is 11.1 Å². The third kappa shape index (κ3) is 4.41. The third-order valence-electron chi connectivity index (χ3n) is 3.91. The van der Waals surface area contributed by atoms with Crippen LogP contribution in [0.5, 0.6) is 0 Å². The minimum Gasteiger partial charge on any atom is -0.258 e. The van der Waals surface area contributed by atoms with Gasteiger partial charge >= 0.3 is 0 Å². The van der Waals surface area contributed by atoms with Gasteiger partial charge in [-0.05, 0) is 35.4 Å². The zero-order valence-electron chi connectivity index (χ0n) is 13.8. The van der Waals surface area contributed by atoms with Crippen LogP contribution in [0.25, 0.3) is 0 Å². The number of rotatable bonds is 6. The summed E-state index contributed by atoms with van der Waals surface area (Å²) in [7, 11) is -5.35. The first-order valence-electron chi connectivity index (χ1n) is 7.93. The van der Waals surface area contributed by atoms with Crippen LogP contribution in [0.15, 0.2) is 89.8 Å². The van der Waals surface area contributed by atoms with Crippen LogP contribution >= 0.6 is 11.6 Å². The number of sulfone groups is 1. The summed E-state index contributed by atoms with van der Waals surface area (Å²) in [5.41, 5.74) is 1.65. The van der Waals surface area contributed by atoms with E-state index in [1.54, 1.807) is 0 Å². The Morgan fingerprint density at radius 2 is 1.23 bits per heavy atom. The molecule has 0 bridgehead atoms. The van der Waals surface area contributed by atoms with Gasteiger partial charge in [-0.2, -0.15) is 0 Å². The van der Waals surface area contributed by atoms with Crippen LogP contribution < -0.4 is 0 Å². The van der Waals surface area contributed by atoms with E-state index in [-0.39, 0.29) is 4.90 Å². The molecule has 26 heavy (non-hydrogen) atoms. The van der Waals surface area contributed by atoms with Gasteiger partial charge < -0.3 is 0 Å². The molecule has 1 atom stereocenters. The molecular formula is C20H17ClO3S2. The lowest BCUT2D eigenvalue weighted by Gasteiger charge is -2.18. The van der Waals surface area contributed by atoms with Crippen LogP contribution in [0, 0.1) is 0 Å². The summed E-state index contributed by atoms with van der Waals surface area (Å²) in [6, 6.07) is 24.6. The SMILES string of the molecule is O=S(CS(=O)(=O)c1ccc(Cl)cc1)C(c1ccccc1)c1ccccc1. The van der Waals surface area contributed by atoms with Crippen molar-refractivity contribution < 1.29 is 12.6 Å².